The summed E-state index contributed by atoms with van der Waals surface area (Å²) < 4.78 is 121. The zero-order valence-corrected chi connectivity index (χ0v) is 20.9. The molecule has 41 heavy (non-hydrogen) atoms. The summed E-state index contributed by atoms with van der Waals surface area (Å²) in [5.74, 6) is -3.75. The Labute approximate surface area is 224 Å². The van der Waals surface area contributed by atoms with Crippen LogP contribution >= 0.6 is 0 Å². The zero-order valence-electron chi connectivity index (χ0n) is 20.1. The van der Waals surface area contributed by atoms with Crippen molar-refractivity contribution in [3.05, 3.63) is 29.6 Å². The standard InChI is InChI=1S/C19H19F6N5O10S/c1-38-17-27-14(19(23,24)25)26-15(29-17)28-16(35)30-41(36,37)9-3-2-6(4-7(9)18(20,21)22)39-13-12(34)11(33)10(32)8(5-31)40-13/h2-4,8,10-13,31-34H,5H2,1H3,(H2,26,27,28,29,30,35)/t8-,10-,11+,12-,13-/m1/s1. The molecule has 0 unspecified atom stereocenters. The molecule has 22 heteroatoms. The van der Waals surface area contributed by atoms with Crippen molar-refractivity contribution in [3.8, 4) is 11.8 Å². The monoisotopic (exact) mass is 623 g/mol. The van der Waals surface area contributed by atoms with E-state index in [1.165, 1.54) is 10.0 Å². The van der Waals surface area contributed by atoms with E-state index in [4.69, 9.17) is 9.47 Å². The van der Waals surface area contributed by atoms with Gasteiger partial charge in [-0.3, -0.25) is 5.32 Å². The number of hydrogen-bond donors (Lipinski definition) is 6. The number of amides is 2. The van der Waals surface area contributed by atoms with E-state index < -0.39 is 99.7 Å². The first-order chi connectivity index (χ1) is 18.9. The van der Waals surface area contributed by atoms with Crippen molar-refractivity contribution >= 4 is 22.0 Å². The molecule has 0 saturated carbocycles. The molecule has 2 heterocycles. The third-order valence-electron chi connectivity index (χ3n) is 5.15. The number of aromatic nitrogens is 3. The van der Waals surface area contributed by atoms with Gasteiger partial charge in [0.1, 0.15) is 30.2 Å². The molecule has 6 N–H and O–H groups in total. The number of halogens is 6. The quantitative estimate of drug-likeness (QED) is 0.217. The minimum atomic E-state index is -5.40. The summed E-state index contributed by atoms with van der Waals surface area (Å²) in [5, 5.41) is 40.3. The molecular weight excluding hydrogens is 604 g/mol. The van der Waals surface area contributed by atoms with Crippen LogP contribution in [0, 0.1) is 0 Å². The van der Waals surface area contributed by atoms with Crippen molar-refractivity contribution in [1.29, 1.82) is 0 Å². The number of urea groups is 1. The molecule has 1 aliphatic heterocycles. The first-order valence-electron chi connectivity index (χ1n) is 10.8. The van der Waals surface area contributed by atoms with Crippen LogP contribution in [0.2, 0.25) is 0 Å². The van der Waals surface area contributed by atoms with Gasteiger partial charge in [-0.2, -0.15) is 41.3 Å². The summed E-state index contributed by atoms with van der Waals surface area (Å²) in [4.78, 5) is 19.7. The van der Waals surface area contributed by atoms with Gasteiger partial charge in [-0.1, -0.05) is 0 Å². The number of benzene rings is 1. The van der Waals surface area contributed by atoms with E-state index in [0.717, 1.165) is 7.11 Å². The van der Waals surface area contributed by atoms with Crippen LogP contribution in [0.3, 0.4) is 0 Å². The number of methoxy groups -OCH3 is 1. The lowest BCUT2D eigenvalue weighted by atomic mass is 9.99. The van der Waals surface area contributed by atoms with Crippen LogP contribution in [0.1, 0.15) is 11.4 Å². The second-order valence-corrected chi connectivity index (χ2v) is 9.65. The van der Waals surface area contributed by atoms with Crippen LogP contribution < -0.4 is 19.5 Å². The van der Waals surface area contributed by atoms with Crippen LogP contribution in [0.15, 0.2) is 23.1 Å². The van der Waals surface area contributed by atoms with Gasteiger partial charge in [-0.25, -0.2) is 17.9 Å². The van der Waals surface area contributed by atoms with E-state index in [-0.39, 0.29) is 6.07 Å². The number of rotatable bonds is 7. The van der Waals surface area contributed by atoms with Gasteiger partial charge in [0.2, 0.25) is 18.1 Å². The minimum Gasteiger partial charge on any atom is -0.467 e. The average Bonchev–Trinajstić information content (AvgIpc) is 2.87. The zero-order chi connectivity index (χ0) is 30.9. The van der Waals surface area contributed by atoms with Crippen LogP contribution in [-0.2, 0) is 27.1 Å². The largest absolute Gasteiger partial charge is 0.467 e. The first-order valence-corrected chi connectivity index (χ1v) is 12.2. The molecule has 1 aromatic carbocycles. The Kier molecular flexibility index (Phi) is 9.14. The van der Waals surface area contributed by atoms with E-state index in [2.05, 4.69) is 19.7 Å². The van der Waals surface area contributed by atoms with Crippen molar-refractivity contribution in [2.75, 3.05) is 19.0 Å². The lowest BCUT2D eigenvalue weighted by Gasteiger charge is -2.39. The van der Waals surface area contributed by atoms with Crippen molar-refractivity contribution < 1.29 is 74.2 Å². The molecule has 0 spiro atoms. The van der Waals surface area contributed by atoms with Crippen LogP contribution in [-0.4, -0.2) is 94.2 Å². The molecule has 5 atom stereocenters. The van der Waals surface area contributed by atoms with Gasteiger partial charge in [0.15, 0.2) is 0 Å². The lowest BCUT2D eigenvalue weighted by molar-refractivity contribution is -0.277. The number of carbonyl (C=O) groups excluding carboxylic acids is 1. The van der Waals surface area contributed by atoms with Gasteiger partial charge in [0.05, 0.1) is 24.2 Å². The molecule has 0 aliphatic carbocycles. The number of sulfonamides is 1. The molecule has 2 aromatic rings. The van der Waals surface area contributed by atoms with Gasteiger partial charge >= 0.3 is 24.4 Å². The number of aliphatic hydroxyl groups is 4. The Morgan fingerprint density at radius 3 is 2.24 bits per heavy atom. The molecule has 1 aliphatic rings. The van der Waals surface area contributed by atoms with Crippen molar-refractivity contribution in [2.24, 2.45) is 0 Å². The Morgan fingerprint density at radius 2 is 1.68 bits per heavy atom. The summed E-state index contributed by atoms with van der Waals surface area (Å²) in [7, 11) is -4.52. The van der Waals surface area contributed by atoms with Crippen LogP contribution in [0.5, 0.6) is 11.8 Å². The maximum atomic E-state index is 13.8. The van der Waals surface area contributed by atoms with Gasteiger partial charge in [-0.15, -0.1) is 0 Å². The summed E-state index contributed by atoms with van der Waals surface area (Å²) in [6.45, 7) is -0.877. The number of carbonyl (C=O) groups is 1. The molecule has 1 fully saturated rings. The van der Waals surface area contributed by atoms with E-state index in [1.807, 2.05) is 0 Å². The summed E-state index contributed by atoms with van der Waals surface area (Å²) in [6.07, 6.45) is -19.7. The number of nitrogens with zero attached hydrogens (tertiary/aromatic N) is 3. The fourth-order valence-electron chi connectivity index (χ4n) is 3.27. The molecule has 0 radical (unpaired) electrons. The summed E-state index contributed by atoms with van der Waals surface area (Å²) in [6, 6.07) is -1.66. The molecule has 2 amide bonds. The number of ether oxygens (including phenoxy) is 3. The average molecular weight is 623 g/mol. The summed E-state index contributed by atoms with van der Waals surface area (Å²) in [5.41, 5.74) is -1.90. The molecule has 1 aromatic heterocycles. The van der Waals surface area contributed by atoms with E-state index in [0.29, 0.717) is 12.1 Å². The lowest BCUT2D eigenvalue weighted by Crippen LogP contribution is -2.60. The van der Waals surface area contributed by atoms with Crippen molar-refractivity contribution in [1.82, 2.24) is 19.7 Å². The number of aliphatic hydroxyl groups excluding tert-OH is 4. The van der Waals surface area contributed by atoms with Gasteiger partial charge in [0.25, 0.3) is 10.0 Å². The van der Waals surface area contributed by atoms with Gasteiger partial charge in [-0.05, 0) is 18.2 Å². The van der Waals surface area contributed by atoms with Gasteiger partial charge < -0.3 is 34.6 Å². The Hall–Kier alpha value is -3.57. The predicted octanol–water partition coefficient (Wildman–Crippen LogP) is -0.393. The molecule has 1 saturated heterocycles. The fraction of sp³-hybridized carbons (Fsp3) is 0.474. The highest BCUT2D eigenvalue weighted by molar-refractivity contribution is 7.90. The Balaban J connectivity index is 1.87. The van der Waals surface area contributed by atoms with E-state index in [1.54, 1.807) is 0 Å². The highest BCUT2D eigenvalue weighted by atomic mass is 32.2. The van der Waals surface area contributed by atoms with Crippen molar-refractivity contribution in [3.63, 3.8) is 0 Å². The fourth-order valence-corrected chi connectivity index (χ4v) is 4.39. The minimum absolute atomic E-state index is 0.139. The topological polar surface area (TPSA) is 223 Å². The molecule has 228 valence electrons. The predicted molar refractivity (Wildman–Crippen MR) is 117 cm³/mol. The smallest absolute Gasteiger partial charge is 0.451 e. The first kappa shape index (κ1) is 32.0. The van der Waals surface area contributed by atoms with Crippen molar-refractivity contribution in [2.45, 2.75) is 48.0 Å². The Morgan fingerprint density at radius 1 is 1.02 bits per heavy atom. The maximum absolute atomic E-state index is 13.8. The number of alkyl halides is 6. The third-order valence-corrected chi connectivity index (χ3v) is 6.54. The molecular formula is C19H19F6N5O10S. The highest BCUT2D eigenvalue weighted by Crippen LogP contribution is 2.37. The molecule has 15 nitrogen and oxygen atoms in total. The van der Waals surface area contributed by atoms with Crippen LogP contribution in [0.4, 0.5) is 37.1 Å². The number of nitrogens with one attached hydrogen (secondary N) is 2. The van der Waals surface area contributed by atoms with Gasteiger partial charge in [0, 0.05) is 0 Å². The number of hydrogen-bond acceptors (Lipinski definition) is 13. The second-order valence-electron chi connectivity index (χ2n) is 8.00. The highest BCUT2D eigenvalue weighted by Gasteiger charge is 2.45. The maximum Gasteiger partial charge on any atom is 0.451 e. The van der Waals surface area contributed by atoms with E-state index >= 15 is 0 Å². The normalized spacial score (nSPS) is 23.5. The molecule has 3 rings (SSSR count). The Bertz CT molecular complexity index is 1380. The number of anilines is 1. The molecule has 0 bridgehead atoms. The van der Waals surface area contributed by atoms with Crippen LogP contribution in [0.25, 0.3) is 0 Å². The SMILES string of the molecule is COc1nc(NC(=O)NS(=O)(=O)c2ccc(O[C@@H]3O[C@H](CO)[C@@H](O)[C@H](O)[C@H]3O)cc2C(F)(F)F)nc(C(F)(F)F)n1. The second kappa shape index (κ2) is 11.7. The summed E-state index contributed by atoms with van der Waals surface area (Å²) >= 11 is 0. The third kappa shape index (κ3) is 7.39. The van der Waals surface area contributed by atoms with E-state index in [9.17, 15) is 60.0 Å².